The predicted octanol–water partition coefficient (Wildman–Crippen LogP) is 2.30. The Morgan fingerprint density at radius 1 is 1.00 bits per heavy atom. The number of methoxy groups -OCH3 is 1. The van der Waals surface area contributed by atoms with Crippen molar-refractivity contribution in [2.75, 3.05) is 13.7 Å². The molecule has 0 unspecified atom stereocenters. The van der Waals surface area contributed by atoms with Gasteiger partial charge in [0.1, 0.15) is 17.9 Å². The van der Waals surface area contributed by atoms with E-state index in [1.54, 1.807) is 12.1 Å². The minimum Gasteiger partial charge on any atom is -0.383 e. The second kappa shape index (κ2) is 10.7. The molecule has 2 amide bonds. The van der Waals surface area contributed by atoms with Crippen molar-refractivity contribution in [2.45, 2.75) is 25.0 Å². The second-order valence-corrected chi connectivity index (χ2v) is 7.31. The highest BCUT2D eigenvalue weighted by atomic mass is 19.1. The van der Waals surface area contributed by atoms with Crippen LogP contribution in [0.5, 0.6) is 0 Å². The highest BCUT2D eigenvalue weighted by Gasteiger charge is 2.24. The van der Waals surface area contributed by atoms with Crippen LogP contribution in [0, 0.1) is 5.82 Å². The number of fused-ring (bicyclic) bond motifs is 1. The molecule has 0 aliphatic rings. The first kappa shape index (κ1) is 22.4. The number of hydrogen-bond acceptors (Lipinski definition) is 4. The van der Waals surface area contributed by atoms with E-state index in [1.165, 1.54) is 19.2 Å². The number of halogens is 1. The maximum absolute atomic E-state index is 13.2. The van der Waals surface area contributed by atoms with E-state index >= 15 is 0 Å². The highest BCUT2D eigenvalue weighted by Crippen LogP contribution is 2.18. The average Bonchev–Trinajstić information content (AvgIpc) is 2.78. The maximum atomic E-state index is 13.2. The Kier molecular flexibility index (Phi) is 7.70. The van der Waals surface area contributed by atoms with Crippen molar-refractivity contribution in [3.63, 3.8) is 0 Å². The molecule has 0 aromatic heterocycles. The lowest BCUT2D eigenvalue weighted by Crippen LogP contribution is -2.53. The van der Waals surface area contributed by atoms with E-state index in [9.17, 15) is 14.0 Å². The fraction of sp³-hybridized carbons (Fsp3) is 0.250. The zero-order valence-corrected chi connectivity index (χ0v) is 17.3. The van der Waals surface area contributed by atoms with E-state index in [-0.39, 0.29) is 24.8 Å². The maximum Gasteiger partial charge on any atom is 0.243 e. The summed E-state index contributed by atoms with van der Waals surface area (Å²) in [6, 6.07) is 17.9. The van der Waals surface area contributed by atoms with Crippen LogP contribution in [0.3, 0.4) is 0 Å². The van der Waals surface area contributed by atoms with Crippen molar-refractivity contribution in [3.8, 4) is 0 Å². The van der Waals surface area contributed by atoms with Crippen molar-refractivity contribution in [3.05, 3.63) is 83.7 Å². The minimum atomic E-state index is -0.897. The van der Waals surface area contributed by atoms with E-state index in [2.05, 4.69) is 10.6 Å². The Bertz CT molecular complexity index is 1030. The van der Waals surface area contributed by atoms with Gasteiger partial charge in [0.15, 0.2) is 0 Å². The summed E-state index contributed by atoms with van der Waals surface area (Å²) in [7, 11) is 1.44. The largest absolute Gasteiger partial charge is 0.383 e. The second-order valence-electron chi connectivity index (χ2n) is 7.31. The van der Waals surface area contributed by atoms with Gasteiger partial charge in [-0.1, -0.05) is 54.6 Å². The van der Waals surface area contributed by atoms with Crippen molar-refractivity contribution in [1.29, 1.82) is 0 Å². The number of carbonyl (C=O) groups is 2. The van der Waals surface area contributed by atoms with Crippen LogP contribution in [0.2, 0.25) is 0 Å². The number of hydrogen-bond donors (Lipinski definition) is 3. The molecule has 3 aromatic rings. The van der Waals surface area contributed by atoms with Gasteiger partial charge >= 0.3 is 0 Å². The van der Waals surface area contributed by atoms with E-state index in [0.717, 1.165) is 16.3 Å². The van der Waals surface area contributed by atoms with Crippen molar-refractivity contribution < 1.29 is 18.7 Å². The van der Waals surface area contributed by atoms with Crippen LogP contribution in [-0.4, -0.2) is 37.6 Å². The van der Waals surface area contributed by atoms with E-state index < -0.39 is 18.0 Å². The van der Waals surface area contributed by atoms with Crippen LogP contribution in [0.4, 0.5) is 4.39 Å². The summed E-state index contributed by atoms with van der Waals surface area (Å²) in [4.78, 5) is 25.4. The number of rotatable bonds is 9. The summed E-state index contributed by atoms with van der Waals surface area (Å²) >= 11 is 0. The molecule has 0 spiro atoms. The molecular weight excluding hydrogens is 397 g/mol. The van der Waals surface area contributed by atoms with Crippen LogP contribution in [0.15, 0.2) is 66.7 Å². The number of carbonyl (C=O) groups excluding carboxylic acids is 2. The first-order chi connectivity index (χ1) is 15.0. The molecule has 0 aliphatic carbocycles. The standard InChI is InChI=1S/C24H26FN3O3/c1-31-15-21(26)23(29)28-22(13-16-9-11-19(25)12-10-16)24(30)27-14-18-7-4-6-17-5-2-3-8-20(17)18/h2-12,21-22H,13-15,26H2,1H3,(H,27,30)(H,28,29)/t21-,22-/m0/s1. The van der Waals surface area contributed by atoms with Gasteiger partial charge in [-0.15, -0.1) is 0 Å². The third-order valence-corrected chi connectivity index (χ3v) is 5.00. The van der Waals surface area contributed by atoms with Gasteiger partial charge in [-0.3, -0.25) is 9.59 Å². The SMILES string of the molecule is COC[C@H](N)C(=O)N[C@@H](Cc1ccc(F)cc1)C(=O)NCc1cccc2ccccc12. The Labute approximate surface area is 180 Å². The molecule has 4 N–H and O–H groups in total. The third kappa shape index (κ3) is 6.10. The lowest BCUT2D eigenvalue weighted by molar-refractivity contribution is -0.130. The molecular formula is C24H26FN3O3. The molecule has 0 radical (unpaired) electrons. The Morgan fingerprint density at radius 3 is 2.45 bits per heavy atom. The van der Waals surface area contributed by atoms with E-state index in [4.69, 9.17) is 10.5 Å². The Hall–Kier alpha value is -3.29. The van der Waals surface area contributed by atoms with Crippen molar-refractivity contribution in [1.82, 2.24) is 10.6 Å². The molecule has 7 heteroatoms. The summed E-state index contributed by atoms with van der Waals surface area (Å²) in [5.74, 6) is -1.21. The summed E-state index contributed by atoms with van der Waals surface area (Å²) in [6.07, 6.45) is 0.201. The molecule has 0 aliphatic heterocycles. The number of nitrogens with one attached hydrogen (secondary N) is 2. The van der Waals surface area contributed by atoms with Crippen LogP contribution < -0.4 is 16.4 Å². The van der Waals surface area contributed by atoms with Crippen molar-refractivity contribution >= 4 is 22.6 Å². The number of amides is 2. The predicted molar refractivity (Wildman–Crippen MR) is 118 cm³/mol. The van der Waals surface area contributed by atoms with Gasteiger partial charge in [0, 0.05) is 20.1 Å². The Morgan fingerprint density at radius 2 is 1.71 bits per heavy atom. The van der Waals surface area contributed by atoms with Crippen LogP contribution >= 0.6 is 0 Å². The number of benzene rings is 3. The molecule has 0 heterocycles. The third-order valence-electron chi connectivity index (χ3n) is 5.00. The molecule has 0 bridgehead atoms. The average molecular weight is 423 g/mol. The minimum absolute atomic E-state index is 0.0344. The topological polar surface area (TPSA) is 93.4 Å². The molecule has 2 atom stereocenters. The van der Waals surface area contributed by atoms with Gasteiger partial charge in [-0.05, 0) is 34.0 Å². The lowest BCUT2D eigenvalue weighted by Gasteiger charge is -2.21. The first-order valence-electron chi connectivity index (χ1n) is 10.0. The van der Waals surface area contributed by atoms with Gasteiger partial charge in [0.2, 0.25) is 11.8 Å². The molecule has 6 nitrogen and oxygen atoms in total. The molecule has 3 rings (SSSR count). The summed E-state index contributed by atoms with van der Waals surface area (Å²) in [5, 5.41) is 7.71. The molecule has 31 heavy (non-hydrogen) atoms. The smallest absolute Gasteiger partial charge is 0.243 e. The highest BCUT2D eigenvalue weighted by molar-refractivity contribution is 5.90. The Balaban J connectivity index is 1.74. The zero-order valence-electron chi connectivity index (χ0n) is 17.3. The number of ether oxygens (including phenoxy) is 1. The fourth-order valence-electron chi connectivity index (χ4n) is 3.35. The first-order valence-corrected chi connectivity index (χ1v) is 10.0. The molecule has 0 saturated carbocycles. The van der Waals surface area contributed by atoms with Gasteiger partial charge < -0.3 is 21.1 Å². The summed E-state index contributed by atoms with van der Waals surface area (Å²) < 4.78 is 18.2. The van der Waals surface area contributed by atoms with Crippen molar-refractivity contribution in [2.24, 2.45) is 5.73 Å². The number of nitrogens with two attached hydrogens (primary N) is 1. The zero-order chi connectivity index (χ0) is 22.2. The van der Waals surface area contributed by atoms with E-state index in [1.807, 2.05) is 42.5 Å². The molecule has 0 saturated heterocycles. The fourth-order valence-corrected chi connectivity index (χ4v) is 3.35. The van der Waals surface area contributed by atoms with Gasteiger partial charge in [-0.2, -0.15) is 0 Å². The van der Waals surface area contributed by atoms with Gasteiger partial charge in [0.25, 0.3) is 0 Å². The summed E-state index contributed by atoms with van der Waals surface area (Å²) in [6.45, 7) is 0.340. The summed E-state index contributed by atoms with van der Waals surface area (Å²) in [5.41, 5.74) is 7.48. The molecule has 3 aromatic carbocycles. The van der Waals surface area contributed by atoms with Gasteiger partial charge in [0.05, 0.1) is 6.61 Å². The molecule has 162 valence electrons. The lowest BCUT2D eigenvalue weighted by atomic mass is 10.0. The quantitative estimate of drug-likeness (QED) is 0.492. The molecule has 0 fully saturated rings. The van der Waals surface area contributed by atoms with Crippen LogP contribution in [0.1, 0.15) is 11.1 Å². The van der Waals surface area contributed by atoms with E-state index in [0.29, 0.717) is 12.1 Å². The van der Waals surface area contributed by atoms with Crippen LogP contribution in [0.25, 0.3) is 10.8 Å². The normalized spacial score (nSPS) is 12.9. The van der Waals surface area contributed by atoms with Gasteiger partial charge in [-0.25, -0.2) is 4.39 Å². The monoisotopic (exact) mass is 423 g/mol. The van der Waals surface area contributed by atoms with Crippen LogP contribution in [-0.2, 0) is 27.3 Å².